The van der Waals surface area contributed by atoms with Crippen molar-refractivity contribution >= 4 is 11.9 Å². The molecule has 0 radical (unpaired) electrons. The van der Waals surface area contributed by atoms with E-state index in [1.54, 1.807) is 12.0 Å². The van der Waals surface area contributed by atoms with Crippen LogP contribution in [0.15, 0.2) is 0 Å². The molecule has 2 aliphatic rings. The maximum Gasteiger partial charge on any atom is 0.329 e. The van der Waals surface area contributed by atoms with Crippen LogP contribution in [0.2, 0.25) is 0 Å². The van der Waals surface area contributed by atoms with Crippen molar-refractivity contribution in [1.29, 1.82) is 0 Å². The average Bonchev–Trinajstić information content (AvgIpc) is 2.91. The fraction of sp³-hybridized carbons (Fsp3) is 0.882. The van der Waals surface area contributed by atoms with Crippen LogP contribution in [0, 0.1) is 5.92 Å². The zero-order chi connectivity index (χ0) is 16.8. The van der Waals surface area contributed by atoms with Crippen molar-refractivity contribution in [2.45, 2.75) is 51.7 Å². The van der Waals surface area contributed by atoms with Gasteiger partial charge in [0.25, 0.3) is 0 Å². The van der Waals surface area contributed by atoms with Gasteiger partial charge in [-0.3, -0.25) is 9.69 Å². The Bertz CT molecular complexity index is 413. The molecule has 0 N–H and O–H groups in total. The molecule has 132 valence electrons. The highest BCUT2D eigenvalue weighted by Crippen LogP contribution is 2.22. The van der Waals surface area contributed by atoms with Gasteiger partial charge in [0.1, 0.15) is 12.1 Å². The molecule has 0 spiro atoms. The minimum Gasteiger partial charge on any atom is -0.459 e. The van der Waals surface area contributed by atoms with E-state index in [1.807, 2.05) is 13.8 Å². The Morgan fingerprint density at radius 1 is 1.30 bits per heavy atom. The molecule has 2 fully saturated rings. The lowest BCUT2D eigenvalue weighted by Gasteiger charge is -2.35. The predicted molar refractivity (Wildman–Crippen MR) is 87.0 cm³/mol. The lowest BCUT2D eigenvalue weighted by molar-refractivity contribution is -0.162. The molecule has 6 heteroatoms. The summed E-state index contributed by atoms with van der Waals surface area (Å²) in [5, 5.41) is 0. The van der Waals surface area contributed by atoms with Crippen molar-refractivity contribution in [3.63, 3.8) is 0 Å². The number of esters is 1. The Morgan fingerprint density at radius 2 is 2.09 bits per heavy atom. The molecule has 2 rings (SSSR count). The van der Waals surface area contributed by atoms with Gasteiger partial charge >= 0.3 is 5.97 Å². The number of carbonyl (C=O) groups excluding carboxylic acids is 2. The molecule has 2 atom stereocenters. The lowest BCUT2D eigenvalue weighted by atomic mass is 10.0. The second kappa shape index (κ2) is 8.64. The molecule has 1 amide bonds. The summed E-state index contributed by atoms with van der Waals surface area (Å²) < 4.78 is 10.9. The minimum atomic E-state index is -0.445. The van der Waals surface area contributed by atoms with Crippen LogP contribution in [0.4, 0.5) is 0 Å². The summed E-state index contributed by atoms with van der Waals surface area (Å²) in [6.07, 6.45) is 3.23. The Morgan fingerprint density at radius 3 is 2.70 bits per heavy atom. The van der Waals surface area contributed by atoms with Crippen molar-refractivity contribution < 1.29 is 19.1 Å². The van der Waals surface area contributed by atoms with E-state index >= 15 is 0 Å². The zero-order valence-corrected chi connectivity index (χ0v) is 14.6. The Hall–Kier alpha value is -1.14. The number of nitrogens with zero attached hydrogens (tertiary/aromatic N) is 2. The SMILES string of the molecule is COCCN1CCC[C@H](OC(=O)[C@@H](C(C)C)N2CCCC2=O)C1. The van der Waals surface area contributed by atoms with Gasteiger partial charge in [0.05, 0.1) is 6.61 Å². The van der Waals surface area contributed by atoms with E-state index in [0.717, 1.165) is 38.9 Å². The molecular weight excluding hydrogens is 296 g/mol. The van der Waals surface area contributed by atoms with E-state index in [1.165, 1.54) is 0 Å². The molecule has 23 heavy (non-hydrogen) atoms. The zero-order valence-electron chi connectivity index (χ0n) is 14.6. The Labute approximate surface area is 139 Å². The summed E-state index contributed by atoms with van der Waals surface area (Å²) in [4.78, 5) is 28.6. The average molecular weight is 326 g/mol. The smallest absolute Gasteiger partial charge is 0.329 e. The van der Waals surface area contributed by atoms with Crippen LogP contribution in [0.25, 0.3) is 0 Å². The van der Waals surface area contributed by atoms with Crippen LogP contribution in [0.1, 0.15) is 39.5 Å². The van der Waals surface area contributed by atoms with E-state index < -0.39 is 6.04 Å². The van der Waals surface area contributed by atoms with E-state index in [9.17, 15) is 9.59 Å². The van der Waals surface area contributed by atoms with Gasteiger partial charge in [0.15, 0.2) is 0 Å². The molecule has 2 saturated heterocycles. The number of carbonyl (C=O) groups is 2. The summed E-state index contributed by atoms with van der Waals surface area (Å²) in [5.41, 5.74) is 0. The topological polar surface area (TPSA) is 59.1 Å². The van der Waals surface area contributed by atoms with Crippen LogP contribution < -0.4 is 0 Å². The normalized spacial score (nSPS) is 24.3. The number of ether oxygens (including phenoxy) is 2. The number of likely N-dealkylation sites (tertiary alicyclic amines) is 2. The summed E-state index contributed by atoms with van der Waals surface area (Å²) in [6, 6.07) is -0.445. The first-order chi connectivity index (χ1) is 11.0. The van der Waals surface area contributed by atoms with Gasteiger partial charge in [-0.2, -0.15) is 0 Å². The van der Waals surface area contributed by atoms with Crippen molar-refractivity contribution in [3.8, 4) is 0 Å². The predicted octanol–water partition coefficient (Wildman–Crippen LogP) is 1.29. The quantitative estimate of drug-likeness (QED) is 0.660. The van der Waals surface area contributed by atoms with Gasteiger partial charge in [0.2, 0.25) is 5.91 Å². The van der Waals surface area contributed by atoms with Crippen LogP contribution in [0.5, 0.6) is 0 Å². The number of piperidine rings is 1. The first-order valence-electron chi connectivity index (χ1n) is 8.74. The maximum atomic E-state index is 12.6. The first kappa shape index (κ1) is 18.2. The fourth-order valence-electron chi connectivity index (χ4n) is 3.49. The maximum absolute atomic E-state index is 12.6. The van der Waals surface area contributed by atoms with Gasteiger partial charge < -0.3 is 14.4 Å². The lowest BCUT2D eigenvalue weighted by Crippen LogP contribution is -2.49. The Balaban J connectivity index is 1.91. The minimum absolute atomic E-state index is 0.0673. The third kappa shape index (κ3) is 4.91. The second-order valence-corrected chi connectivity index (χ2v) is 6.87. The number of hydrogen-bond acceptors (Lipinski definition) is 5. The molecule has 2 aliphatic heterocycles. The largest absolute Gasteiger partial charge is 0.459 e. The molecule has 0 saturated carbocycles. The van der Waals surface area contributed by atoms with Crippen LogP contribution in [-0.4, -0.2) is 73.7 Å². The number of methoxy groups -OCH3 is 1. The molecule has 0 bridgehead atoms. The van der Waals surface area contributed by atoms with Crippen LogP contribution >= 0.6 is 0 Å². The second-order valence-electron chi connectivity index (χ2n) is 6.87. The van der Waals surface area contributed by atoms with Gasteiger partial charge in [-0.15, -0.1) is 0 Å². The number of rotatable bonds is 7. The van der Waals surface area contributed by atoms with E-state index in [0.29, 0.717) is 19.6 Å². The highest BCUT2D eigenvalue weighted by atomic mass is 16.5. The summed E-state index contributed by atoms with van der Waals surface area (Å²) in [7, 11) is 1.70. The van der Waals surface area contributed by atoms with Gasteiger partial charge in [-0.25, -0.2) is 4.79 Å². The van der Waals surface area contributed by atoms with E-state index in [4.69, 9.17) is 9.47 Å². The van der Waals surface area contributed by atoms with Crippen LogP contribution in [0.3, 0.4) is 0 Å². The van der Waals surface area contributed by atoms with Gasteiger partial charge in [-0.1, -0.05) is 13.8 Å². The molecule has 0 aliphatic carbocycles. The monoisotopic (exact) mass is 326 g/mol. The highest BCUT2D eigenvalue weighted by molar-refractivity contribution is 5.86. The number of hydrogen-bond donors (Lipinski definition) is 0. The van der Waals surface area contributed by atoms with Crippen molar-refractivity contribution in [1.82, 2.24) is 9.80 Å². The van der Waals surface area contributed by atoms with Crippen LogP contribution in [-0.2, 0) is 19.1 Å². The number of amides is 1. The first-order valence-corrected chi connectivity index (χ1v) is 8.74. The molecule has 0 aromatic heterocycles. The summed E-state index contributed by atoms with van der Waals surface area (Å²) in [5.74, 6) is -0.0995. The molecule has 0 unspecified atom stereocenters. The van der Waals surface area contributed by atoms with Crippen molar-refractivity contribution in [3.05, 3.63) is 0 Å². The molecule has 0 aromatic carbocycles. The fourth-order valence-corrected chi connectivity index (χ4v) is 3.49. The van der Waals surface area contributed by atoms with E-state index in [2.05, 4.69) is 4.90 Å². The van der Waals surface area contributed by atoms with Gasteiger partial charge in [-0.05, 0) is 31.7 Å². The Kier molecular flexibility index (Phi) is 6.84. The van der Waals surface area contributed by atoms with E-state index in [-0.39, 0.29) is 23.9 Å². The van der Waals surface area contributed by atoms with Gasteiger partial charge in [0, 0.05) is 33.2 Å². The third-order valence-corrected chi connectivity index (χ3v) is 4.68. The van der Waals surface area contributed by atoms with Crippen molar-refractivity contribution in [2.24, 2.45) is 5.92 Å². The summed E-state index contributed by atoms with van der Waals surface area (Å²) in [6.45, 7) is 7.96. The highest BCUT2D eigenvalue weighted by Gasteiger charge is 2.37. The standard InChI is InChI=1S/C17H30N2O4/c1-13(2)16(19-9-5-7-15(19)20)17(21)23-14-6-4-8-18(12-14)10-11-22-3/h13-14,16H,4-12H2,1-3H3/t14-,16+/m0/s1. The third-order valence-electron chi connectivity index (χ3n) is 4.68. The molecule has 6 nitrogen and oxygen atoms in total. The summed E-state index contributed by atoms with van der Waals surface area (Å²) >= 11 is 0. The molecule has 0 aromatic rings. The molecular formula is C17H30N2O4. The van der Waals surface area contributed by atoms with Crippen molar-refractivity contribution in [2.75, 3.05) is 39.9 Å². The molecule has 2 heterocycles.